The van der Waals surface area contributed by atoms with Crippen LogP contribution in [0.3, 0.4) is 0 Å². The molecular weight excluding hydrogens is 390 g/mol. The first-order valence-electron chi connectivity index (χ1n) is 9.84. The Hall–Kier alpha value is -2.66. The van der Waals surface area contributed by atoms with E-state index in [4.69, 9.17) is 18.9 Å². The molecule has 1 aromatic carbocycles. The molecule has 0 saturated carbocycles. The fourth-order valence-electron chi connectivity index (χ4n) is 4.32. The van der Waals surface area contributed by atoms with E-state index in [2.05, 4.69) is 15.3 Å². The average Bonchev–Trinajstić information content (AvgIpc) is 3.47. The summed E-state index contributed by atoms with van der Waals surface area (Å²) in [6, 6.07) is 2.88. The van der Waals surface area contributed by atoms with Crippen molar-refractivity contribution >= 4 is 11.0 Å². The summed E-state index contributed by atoms with van der Waals surface area (Å²) in [6.45, 7) is 0.929. The van der Waals surface area contributed by atoms with E-state index in [-0.39, 0.29) is 12.1 Å². The van der Waals surface area contributed by atoms with Crippen molar-refractivity contribution in [2.75, 3.05) is 20.8 Å². The molecule has 0 amide bonds. The second kappa shape index (κ2) is 7.55. The molecule has 2 aromatic heterocycles. The Morgan fingerprint density at radius 3 is 2.77 bits per heavy atom. The predicted molar refractivity (Wildman–Crippen MR) is 106 cm³/mol. The first-order chi connectivity index (χ1) is 14.6. The number of nitrogens with zero attached hydrogens (tertiary/aromatic N) is 4. The van der Waals surface area contributed by atoms with Crippen LogP contribution in [0.1, 0.15) is 11.9 Å². The lowest BCUT2D eigenvalue weighted by molar-refractivity contribution is -0.164. The van der Waals surface area contributed by atoms with Gasteiger partial charge in [-0.15, -0.1) is 0 Å². The molecule has 0 unspecified atom stereocenters. The first kappa shape index (κ1) is 19.3. The summed E-state index contributed by atoms with van der Waals surface area (Å²) < 4.78 is 26.6. The third kappa shape index (κ3) is 3.03. The van der Waals surface area contributed by atoms with Gasteiger partial charge in [-0.1, -0.05) is 0 Å². The zero-order chi connectivity index (χ0) is 20.8. The minimum absolute atomic E-state index is 0.231. The molecular formula is C20H25N5O5. The number of methoxy groups -OCH3 is 2. The Labute approximate surface area is 173 Å². The van der Waals surface area contributed by atoms with E-state index in [1.165, 1.54) is 0 Å². The SMILES string of the molecule is COc1cc2ncn([C@H]3[C@@H]4OC[C@@H](O4)[C@@H](NCc4nccn4C)[C@@H]3O)c2cc1OC. The highest BCUT2D eigenvalue weighted by atomic mass is 16.7. The number of nitrogens with one attached hydrogen (secondary N) is 1. The fraction of sp³-hybridized carbons (Fsp3) is 0.500. The second-order valence-electron chi connectivity index (χ2n) is 7.57. The maximum atomic E-state index is 11.3. The minimum Gasteiger partial charge on any atom is -0.493 e. The molecule has 2 N–H and O–H groups in total. The summed E-state index contributed by atoms with van der Waals surface area (Å²) in [5.41, 5.74) is 1.54. The summed E-state index contributed by atoms with van der Waals surface area (Å²) in [7, 11) is 5.11. The van der Waals surface area contributed by atoms with Crippen LogP contribution < -0.4 is 14.8 Å². The summed E-state index contributed by atoms with van der Waals surface area (Å²) in [4.78, 5) is 8.83. The monoisotopic (exact) mass is 415 g/mol. The van der Waals surface area contributed by atoms with Crippen molar-refractivity contribution in [2.45, 2.75) is 37.1 Å². The lowest BCUT2D eigenvalue weighted by Crippen LogP contribution is -2.57. The van der Waals surface area contributed by atoms with Gasteiger partial charge in [-0.3, -0.25) is 0 Å². The smallest absolute Gasteiger partial charge is 0.181 e. The third-order valence-electron chi connectivity index (χ3n) is 5.95. The van der Waals surface area contributed by atoms with Gasteiger partial charge in [0.25, 0.3) is 0 Å². The van der Waals surface area contributed by atoms with Gasteiger partial charge in [-0.05, 0) is 0 Å². The molecule has 5 atom stereocenters. The molecule has 2 saturated heterocycles. The summed E-state index contributed by atoms with van der Waals surface area (Å²) >= 11 is 0. The van der Waals surface area contributed by atoms with Crippen molar-refractivity contribution in [2.24, 2.45) is 7.05 Å². The van der Waals surface area contributed by atoms with E-state index in [9.17, 15) is 5.11 Å². The van der Waals surface area contributed by atoms with Gasteiger partial charge in [-0.2, -0.15) is 0 Å². The Bertz CT molecular complexity index is 1050. The number of hydrogen-bond donors (Lipinski definition) is 2. The largest absolute Gasteiger partial charge is 0.493 e. The van der Waals surface area contributed by atoms with Crippen molar-refractivity contribution in [3.05, 3.63) is 36.7 Å². The van der Waals surface area contributed by atoms with Gasteiger partial charge < -0.3 is 38.5 Å². The highest BCUT2D eigenvalue weighted by molar-refractivity contribution is 5.80. The van der Waals surface area contributed by atoms with Crippen molar-refractivity contribution in [3.8, 4) is 11.5 Å². The Morgan fingerprint density at radius 2 is 2.03 bits per heavy atom. The average molecular weight is 415 g/mol. The molecule has 2 fully saturated rings. The maximum Gasteiger partial charge on any atom is 0.181 e. The van der Waals surface area contributed by atoms with Gasteiger partial charge in [-0.25, -0.2) is 9.97 Å². The molecule has 30 heavy (non-hydrogen) atoms. The van der Waals surface area contributed by atoms with E-state index in [1.54, 1.807) is 26.7 Å². The summed E-state index contributed by atoms with van der Waals surface area (Å²) in [6.07, 6.45) is 3.80. The van der Waals surface area contributed by atoms with Crippen LogP contribution in [0.4, 0.5) is 0 Å². The third-order valence-corrected chi connectivity index (χ3v) is 5.95. The van der Waals surface area contributed by atoms with E-state index in [1.807, 2.05) is 34.5 Å². The molecule has 0 spiro atoms. The number of hydrogen-bond acceptors (Lipinski definition) is 8. The van der Waals surface area contributed by atoms with Gasteiger partial charge in [0.1, 0.15) is 18.0 Å². The molecule has 0 aliphatic carbocycles. The van der Waals surface area contributed by atoms with Crippen molar-refractivity contribution < 1.29 is 24.1 Å². The predicted octanol–water partition coefficient (Wildman–Crippen LogP) is 0.603. The van der Waals surface area contributed by atoms with Crippen LogP contribution in [0.15, 0.2) is 30.9 Å². The Morgan fingerprint density at radius 1 is 1.23 bits per heavy atom. The summed E-state index contributed by atoms with van der Waals surface area (Å²) in [5.74, 6) is 2.07. The Balaban J connectivity index is 1.47. The van der Waals surface area contributed by atoms with Gasteiger partial charge in [0.05, 0.1) is 56.9 Å². The Kier molecular flexibility index (Phi) is 4.86. The van der Waals surface area contributed by atoms with Crippen molar-refractivity contribution in [3.63, 3.8) is 0 Å². The van der Waals surface area contributed by atoms with Crippen molar-refractivity contribution in [1.82, 2.24) is 24.4 Å². The number of rotatable bonds is 6. The molecule has 0 radical (unpaired) electrons. The fourth-order valence-corrected chi connectivity index (χ4v) is 4.32. The molecule has 2 aliphatic rings. The number of aryl methyl sites for hydroxylation is 1. The number of ether oxygens (including phenoxy) is 4. The zero-order valence-corrected chi connectivity index (χ0v) is 17.1. The van der Waals surface area contributed by atoms with Crippen LogP contribution in [0.5, 0.6) is 11.5 Å². The number of aliphatic hydroxyl groups is 1. The van der Waals surface area contributed by atoms with Gasteiger partial charge >= 0.3 is 0 Å². The van der Waals surface area contributed by atoms with E-state index in [0.717, 1.165) is 16.9 Å². The molecule has 4 heterocycles. The van der Waals surface area contributed by atoms with Gasteiger partial charge in [0.2, 0.25) is 0 Å². The number of aliphatic hydroxyl groups excluding tert-OH is 1. The van der Waals surface area contributed by atoms with Crippen molar-refractivity contribution in [1.29, 1.82) is 0 Å². The first-order valence-corrected chi connectivity index (χ1v) is 9.84. The van der Waals surface area contributed by atoms with Crippen LogP contribution in [-0.4, -0.2) is 69.6 Å². The number of fused-ring (bicyclic) bond motifs is 3. The second-order valence-corrected chi connectivity index (χ2v) is 7.57. The van der Waals surface area contributed by atoms with Crippen LogP contribution in [-0.2, 0) is 23.1 Å². The van der Waals surface area contributed by atoms with Gasteiger partial charge in [0.15, 0.2) is 17.8 Å². The lowest BCUT2D eigenvalue weighted by atomic mass is 9.95. The van der Waals surface area contributed by atoms with E-state index in [0.29, 0.717) is 24.7 Å². The quantitative estimate of drug-likeness (QED) is 0.603. The van der Waals surface area contributed by atoms with Gasteiger partial charge in [0, 0.05) is 31.6 Å². The zero-order valence-electron chi connectivity index (χ0n) is 17.1. The number of imidazole rings is 2. The summed E-state index contributed by atoms with van der Waals surface area (Å²) in [5, 5.41) is 14.7. The standard InChI is InChI=1S/C20H25N5O5/c1-24-5-4-21-16(24)8-22-17-15-9-29-20(30-15)18(19(17)26)25-10-23-11-6-13(27-2)14(28-3)7-12(11)25/h4-7,10,15,17-20,22,26H,8-9H2,1-3H3/t15-,17-,18-,19+,20-/m1/s1. The molecule has 5 rings (SSSR count). The highest BCUT2D eigenvalue weighted by Crippen LogP contribution is 2.39. The molecule has 10 heteroatoms. The maximum absolute atomic E-state index is 11.3. The van der Waals surface area contributed by atoms with Crippen LogP contribution in [0.2, 0.25) is 0 Å². The highest BCUT2D eigenvalue weighted by Gasteiger charge is 2.51. The lowest BCUT2D eigenvalue weighted by Gasteiger charge is -2.39. The normalized spacial score (nSPS) is 28.2. The van der Waals surface area contributed by atoms with E-state index >= 15 is 0 Å². The molecule has 2 aliphatic heterocycles. The van der Waals surface area contributed by atoms with Crippen LogP contribution in [0, 0.1) is 0 Å². The van der Waals surface area contributed by atoms with Crippen LogP contribution >= 0.6 is 0 Å². The molecule has 2 bridgehead atoms. The molecule has 10 nitrogen and oxygen atoms in total. The molecule has 3 aromatic rings. The number of aromatic nitrogens is 4. The van der Waals surface area contributed by atoms with Crippen LogP contribution in [0.25, 0.3) is 11.0 Å². The topological polar surface area (TPSA) is 105 Å². The molecule has 160 valence electrons. The number of benzene rings is 1. The van der Waals surface area contributed by atoms with E-state index < -0.39 is 18.4 Å². The minimum atomic E-state index is -0.748.